The Morgan fingerprint density at radius 3 is 1.62 bits per heavy atom. The monoisotopic (exact) mass is 258 g/mol. The Morgan fingerprint density at radius 2 is 1.62 bits per heavy atom. The van der Waals surface area contributed by atoms with Gasteiger partial charge in [0.15, 0.2) is 8.32 Å². The molecule has 0 saturated carbocycles. The largest absolute Gasteiger partial charge is 0.459 e. The van der Waals surface area contributed by atoms with Crippen LogP contribution >= 0.6 is 31.5 Å². The Kier molecular flexibility index (Phi) is 3.90. The van der Waals surface area contributed by atoms with Crippen LogP contribution in [0.2, 0.25) is 19.6 Å². The first-order chi connectivity index (χ1) is 3.42. The van der Waals surface area contributed by atoms with Crippen molar-refractivity contribution < 1.29 is 4.34 Å². The molecule has 0 radical (unpaired) electrons. The van der Waals surface area contributed by atoms with Crippen LogP contribution in [0.1, 0.15) is 0 Å². The van der Waals surface area contributed by atoms with Crippen molar-refractivity contribution in [1.29, 1.82) is 0 Å². The van der Waals surface area contributed by atoms with Gasteiger partial charge in [-0.2, -0.15) is 0 Å². The molecule has 0 heterocycles. The number of halogens is 2. The molecule has 0 bridgehead atoms. The maximum Gasteiger partial charge on any atom is 0.439 e. The molecular formula is C3H9BBr2OSi. The Bertz CT molecular complexity index is 72.2. The Balaban J connectivity index is 3.39. The van der Waals surface area contributed by atoms with E-state index in [4.69, 9.17) is 4.34 Å². The Morgan fingerprint density at radius 1 is 1.25 bits per heavy atom. The van der Waals surface area contributed by atoms with E-state index in [1.807, 2.05) is 0 Å². The number of hydrogen-bond donors (Lipinski definition) is 0. The number of hydrogen-bond acceptors (Lipinski definition) is 1. The smallest absolute Gasteiger partial charge is 0.439 e. The highest BCUT2D eigenvalue weighted by Crippen LogP contribution is 2.12. The second-order valence-electron chi connectivity index (χ2n) is 2.49. The van der Waals surface area contributed by atoms with Gasteiger partial charge in [-0.05, 0) is 19.6 Å². The van der Waals surface area contributed by atoms with Crippen molar-refractivity contribution in [2.75, 3.05) is 0 Å². The highest BCUT2D eigenvalue weighted by molar-refractivity contribution is 9.48. The molecule has 0 spiro atoms. The summed E-state index contributed by atoms with van der Waals surface area (Å²) < 4.78 is 5.44. The average Bonchev–Trinajstić information content (AvgIpc) is 1.21. The standard InChI is InChI=1S/C3H9BBr2OSi/c1-8(2,3)7-4(5)6/h1-3H3. The SMILES string of the molecule is C[Si](C)(C)OB(Br)Br. The molecule has 0 aliphatic carbocycles. The van der Waals surface area contributed by atoms with Crippen molar-refractivity contribution in [2.24, 2.45) is 0 Å². The van der Waals surface area contributed by atoms with Crippen LogP contribution in [0.15, 0.2) is 0 Å². The third-order valence-corrected chi connectivity index (χ3v) is 2.45. The minimum absolute atomic E-state index is 0.0293. The topological polar surface area (TPSA) is 9.23 Å². The van der Waals surface area contributed by atoms with Crippen molar-refractivity contribution in [1.82, 2.24) is 0 Å². The molecule has 8 heavy (non-hydrogen) atoms. The molecule has 0 aromatic carbocycles. The fourth-order valence-electron chi connectivity index (χ4n) is 0.267. The highest BCUT2D eigenvalue weighted by atomic mass is 79.9. The molecule has 5 heteroatoms. The molecule has 0 rings (SSSR count). The summed E-state index contributed by atoms with van der Waals surface area (Å²) in [5, 5.41) is 0. The van der Waals surface area contributed by atoms with Gasteiger partial charge in [-0.1, -0.05) is 0 Å². The molecule has 0 saturated heterocycles. The predicted octanol–water partition coefficient (Wildman–Crippen LogP) is 2.61. The van der Waals surface area contributed by atoms with Crippen LogP contribution in [0.3, 0.4) is 0 Å². The first kappa shape index (κ1) is 9.20. The van der Waals surface area contributed by atoms with Crippen molar-refractivity contribution in [2.45, 2.75) is 19.6 Å². The van der Waals surface area contributed by atoms with Gasteiger partial charge in [0.2, 0.25) is 0 Å². The fraction of sp³-hybridized carbons (Fsp3) is 1.00. The molecule has 0 unspecified atom stereocenters. The lowest BCUT2D eigenvalue weighted by Crippen LogP contribution is -2.28. The first-order valence-corrected chi connectivity index (χ1v) is 7.62. The van der Waals surface area contributed by atoms with E-state index < -0.39 is 8.32 Å². The van der Waals surface area contributed by atoms with E-state index in [9.17, 15) is 0 Å². The van der Waals surface area contributed by atoms with Crippen molar-refractivity contribution in [3.63, 3.8) is 0 Å². The normalized spacial score (nSPS) is 11.6. The van der Waals surface area contributed by atoms with Crippen LogP contribution in [0.25, 0.3) is 0 Å². The fourth-order valence-corrected chi connectivity index (χ4v) is 4.17. The first-order valence-electron chi connectivity index (χ1n) is 2.38. The highest BCUT2D eigenvalue weighted by Gasteiger charge is 2.19. The lowest BCUT2D eigenvalue weighted by Gasteiger charge is -2.16. The third kappa shape index (κ3) is 7.20. The predicted molar refractivity (Wildman–Crippen MR) is 48.0 cm³/mol. The van der Waals surface area contributed by atoms with Gasteiger partial charge in [0.25, 0.3) is 0 Å². The molecule has 48 valence electrons. The van der Waals surface area contributed by atoms with Crippen molar-refractivity contribution in [3.8, 4) is 0 Å². The second-order valence-corrected chi connectivity index (χ2v) is 9.84. The maximum atomic E-state index is 5.41. The van der Waals surface area contributed by atoms with Gasteiger partial charge >= 0.3 is 4.56 Å². The molecule has 0 amide bonds. The summed E-state index contributed by atoms with van der Waals surface area (Å²) in [5.41, 5.74) is 0. The summed E-state index contributed by atoms with van der Waals surface area (Å²) in [7, 11) is -1.31. The molecular weight excluding hydrogens is 251 g/mol. The van der Waals surface area contributed by atoms with Gasteiger partial charge in [-0.3, -0.25) is 0 Å². The van der Waals surface area contributed by atoms with Gasteiger partial charge in [-0.25, -0.2) is 0 Å². The van der Waals surface area contributed by atoms with Gasteiger partial charge < -0.3 is 4.34 Å². The summed E-state index contributed by atoms with van der Waals surface area (Å²) in [4.78, 5) is 0. The maximum absolute atomic E-state index is 5.41. The van der Waals surface area contributed by atoms with E-state index in [0.29, 0.717) is 0 Å². The van der Waals surface area contributed by atoms with Gasteiger partial charge in [0, 0.05) is 0 Å². The van der Waals surface area contributed by atoms with Crippen LogP contribution in [-0.2, 0) is 4.34 Å². The van der Waals surface area contributed by atoms with Gasteiger partial charge in [0.1, 0.15) is 0 Å². The zero-order valence-corrected chi connectivity index (χ0v) is 9.41. The van der Waals surface area contributed by atoms with Crippen molar-refractivity contribution >= 4 is 44.4 Å². The van der Waals surface area contributed by atoms with E-state index in [0.717, 1.165) is 0 Å². The molecule has 0 atom stereocenters. The third-order valence-electron chi connectivity index (χ3n) is 0.443. The molecule has 0 fully saturated rings. The molecule has 0 aliphatic rings. The van der Waals surface area contributed by atoms with Crippen LogP contribution in [0, 0.1) is 0 Å². The Hall–Kier alpha value is 1.20. The summed E-state index contributed by atoms with van der Waals surface area (Å²) in [6.07, 6.45) is 0. The lowest BCUT2D eigenvalue weighted by molar-refractivity contribution is 0.612. The van der Waals surface area contributed by atoms with E-state index in [-0.39, 0.29) is 4.56 Å². The van der Waals surface area contributed by atoms with Crippen LogP contribution in [-0.4, -0.2) is 12.9 Å². The molecule has 0 aromatic rings. The van der Waals surface area contributed by atoms with Crippen LogP contribution in [0.5, 0.6) is 0 Å². The van der Waals surface area contributed by atoms with Gasteiger partial charge in [0.05, 0.1) is 0 Å². The quantitative estimate of drug-likeness (QED) is 0.693. The minimum Gasteiger partial charge on any atom is -0.459 e. The van der Waals surface area contributed by atoms with E-state index in [2.05, 4.69) is 51.2 Å². The molecule has 0 aliphatic heterocycles. The minimum atomic E-state index is -1.31. The lowest BCUT2D eigenvalue weighted by atomic mass is 10.6. The summed E-state index contributed by atoms with van der Waals surface area (Å²) in [6, 6.07) is 0. The molecule has 0 N–H and O–H groups in total. The molecule has 0 aromatic heterocycles. The summed E-state index contributed by atoms with van der Waals surface area (Å²) in [5.74, 6) is 0. The summed E-state index contributed by atoms with van der Waals surface area (Å²) >= 11 is 6.48. The Labute approximate surface area is 68.4 Å². The average molecular weight is 260 g/mol. The van der Waals surface area contributed by atoms with Crippen molar-refractivity contribution in [3.05, 3.63) is 0 Å². The van der Waals surface area contributed by atoms with E-state index >= 15 is 0 Å². The van der Waals surface area contributed by atoms with Crippen LogP contribution < -0.4 is 0 Å². The molecule has 1 nitrogen and oxygen atoms in total. The summed E-state index contributed by atoms with van der Waals surface area (Å²) in [6.45, 7) is 6.42. The van der Waals surface area contributed by atoms with E-state index in [1.165, 1.54) is 0 Å². The van der Waals surface area contributed by atoms with E-state index in [1.54, 1.807) is 0 Å². The van der Waals surface area contributed by atoms with Gasteiger partial charge in [-0.15, -0.1) is 31.5 Å². The van der Waals surface area contributed by atoms with Crippen LogP contribution in [0.4, 0.5) is 0 Å². The second kappa shape index (κ2) is 3.39. The zero-order chi connectivity index (χ0) is 6.78. The number of rotatable bonds is 2. The zero-order valence-electron chi connectivity index (χ0n) is 5.24.